The summed E-state index contributed by atoms with van der Waals surface area (Å²) in [4.78, 5) is 3.99. The van der Waals surface area contributed by atoms with Gasteiger partial charge >= 0.3 is 0 Å². The van der Waals surface area contributed by atoms with E-state index in [9.17, 15) is 0 Å². The molecule has 1 heterocycles. The molecule has 0 amide bonds. The molecule has 0 atom stereocenters. The van der Waals surface area contributed by atoms with Crippen molar-refractivity contribution in [2.45, 2.75) is 6.92 Å². The molecule has 0 spiro atoms. The number of pyridine rings is 1. The summed E-state index contributed by atoms with van der Waals surface area (Å²) < 4.78 is 5.16. The summed E-state index contributed by atoms with van der Waals surface area (Å²) in [5.41, 5.74) is 0.720. The minimum atomic E-state index is 0.185. The Kier molecular flexibility index (Phi) is 3.49. The van der Waals surface area contributed by atoms with Crippen LogP contribution in [0.2, 0.25) is 5.02 Å². The zero-order chi connectivity index (χ0) is 10.6. The van der Waals surface area contributed by atoms with E-state index >= 15 is 0 Å². The van der Waals surface area contributed by atoms with Gasteiger partial charge in [0, 0.05) is 0 Å². The normalized spacial score (nSPS) is 9.21. The van der Waals surface area contributed by atoms with Crippen LogP contribution in [-0.2, 0) is 4.74 Å². The van der Waals surface area contributed by atoms with Crippen molar-refractivity contribution in [1.29, 1.82) is 5.26 Å². The molecular weight excluding hydrogens is 200 g/mol. The minimum absolute atomic E-state index is 0.185. The summed E-state index contributed by atoms with van der Waals surface area (Å²) >= 11 is 5.72. The molecule has 0 bridgehead atoms. The van der Waals surface area contributed by atoms with E-state index < -0.39 is 0 Å². The molecule has 0 N–H and O–H groups in total. The molecule has 1 rings (SSSR count). The average Bonchev–Trinajstić information content (AvgIpc) is 2.19. The van der Waals surface area contributed by atoms with Gasteiger partial charge < -0.3 is 4.74 Å². The quantitative estimate of drug-likeness (QED) is 0.718. The number of rotatable bonds is 3. The molecule has 0 saturated carbocycles. The standard InChI is InChI=1S/C10H9ClN2O/c1-3-14-7(2)9-5-4-8(11)10(6-12)13-9/h4-5H,2-3H2,1H3. The van der Waals surface area contributed by atoms with Gasteiger partial charge in [-0.3, -0.25) is 0 Å². The molecule has 0 fully saturated rings. The fraction of sp³-hybridized carbons (Fsp3) is 0.200. The van der Waals surface area contributed by atoms with E-state index in [1.807, 2.05) is 13.0 Å². The van der Waals surface area contributed by atoms with Crippen LogP contribution in [0.25, 0.3) is 5.76 Å². The first kappa shape index (κ1) is 10.6. The van der Waals surface area contributed by atoms with Gasteiger partial charge in [-0.05, 0) is 19.1 Å². The molecule has 0 aliphatic heterocycles. The van der Waals surface area contributed by atoms with Gasteiger partial charge in [-0.1, -0.05) is 18.2 Å². The van der Waals surface area contributed by atoms with Crippen LogP contribution in [0.15, 0.2) is 18.7 Å². The first-order chi connectivity index (χ1) is 6.69. The van der Waals surface area contributed by atoms with E-state index in [-0.39, 0.29) is 5.69 Å². The van der Waals surface area contributed by atoms with Crippen LogP contribution >= 0.6 is 11.6 Å². The van der Waals surface area contributed by atoms with E-state index in [0.717, 1.165) is 0 Å². The molecule has 0 aliphatic rings. The highest BCUT2D eigenvalue weighted by atomic mass is 35.5. The molecular formula is C10H9ClN2O. The zero-order valence-corrected chi connectivity index (χ0v) is 8.51. The maximum atomic E-state index is 8.69. The summed E-state index contributed by atoms with van der Waals surface area (Å²) in [7, 11) is 0. The van der Waals surface area contributed by atoms with Crippen molar-refractivity contribution in [1.82, 2.24) is 4.98 Å². The number of nitrogens with zero attached hydrogens (tertiary/aromatic N) is 2. The van der Waals surface area contributed by atoms with Gasteiger partial charge in [-0.2, -0.15) is 5.26 Å². The van der Waals surface area contributed by atoms with Gasteiger partial charge in [-0.15, -0.1) is 0 Å². The molecule has 1 aromatic rings. The van der Waals surface area contributed by atoms with Crippen molar-refractivity contribution in [3.63, 3.8) is 0 Å². The lowest BCUT2D eigenvalue weighted by atomic mass is 10.3. The summed E-state index contributed by atoms with van der Waals surface area (Å²) in [6.07, 6.45) is 0. The maximum Gasteiger partial charge on any atom is 0.159 e. The second-order valence-corrected chi connectivity index (χ2v) is 2.90. The van der Waals surface area contributed by atoms with E-state index in [0.29, 0.717) is 23.1 Å². The van der Waals surface area contributed by atoms with Crippen LogP contribution in [0, 0.1) is 11.3 Å². The van der Waals surface area contributed by atoms with E-state index in [4.69, 9.17) is 21.6 Å². The molecule has 0 aliphatic carbocycles. The second kappa shape index (κ2) is 4.64. The lowest BCUT2D eigenvalue weighted by Gasteiger charge is -2.06. The summed E-state index contributed by atoms with van der Waals surface area (Å²) in [6.45, 7) is 6.05. The Balaban J connectivity index is 3.02. The predicted molar refractivity (Wildman–Crippen MR) is 54.6 cm³/mol. The van der Waals surface area contributed by atoms with Gasteiger partial charge in [-0.25, -0.2) is 4.98 Å². The molecule has 0 radical (unpaired) electrons. The van der Waals surface area contributed by atoms with Gasteiger partial charge in [0.15, 0.2) is 5.69 Å². The number of halogens is 1. The highest BCUT2D eigenvalue weighted by Crippen LogP contribution is 2.17. The molecule has 4 heteroatoms. The van der Waals surface area contributed by atoms with Crippen molar-refractivity contribution in [2.24, 2.45) is 0 Å². The number of nitriles is 1. The first-order valence-electron chi connectivity index (χ1n) is 4.07. The monoisotopic (exact) mass is 208 g/mol. The third-order valence-corrected chi connectivity index (χ3v) is 1.86. The Hall–Kier alpha value is -1.53. The highest BCUT2D eigenvalue weighted by molar-refractivity contribution is 6.31. The summed E-state index contributed by atoms with van der Waals surface area (Å²) in [5.74, 6) is 0.445. The molecule has 3 nitrogen and oxygen atoms in total. The number of hydrogen-bond donors (Lipinski definition) is 0. The Bertz CT molecular complexity index is 396. The molecule has 0 aromatic carbocycles. The molecule has 14 heavy (non-hydrogen) atoms. The zero-order valence-electron chi connectivity index (χ0n) is 7.75. The molecule has 1 aromatic heterocycles. The van der Waals surface area contributed by atoms with Crippen LogP contribution in [0.5, 0.6) is 0 Å². The Morgan fingerprint density at radius 3 is 3.00 bits per heavy atom. The van der Waals surface area contributed by atoms with E-state index in [1.54, 1.807) is 12.1 Å². The van der Waals surface area contributed by atoms with E-state index in [2.05, 4.69) is 11.6 Å². The van der Waals surface area contributed by atoms with Crippen LogP contribution < -0.4 is 0 Å². The number of aromatic nitrogens is 1. The molecule has 72 valence electrons. The Morgan fingerprint density at radius 2 is 2.43 bits per heavy atom. The van der Waals surface area contributed by atoms with Gasteiger partial charge in [0.05, 0.1) is 11.6 Å². The summed E-state index contributed by atoms with van der Waals surface area (Å²) in [6, 6.07) is 5.16. The van der Waals surface area contributed by atoms with E-state index in [1.165, 1.54) is 0 Å². The maximum absolute atomic E-state index is 8.69. The van der Waals surface area contributed by atoms with Crippen molar-refractivity contribution in [3.8, 4) is 6.07 Å². The Labute approximate surface area is 87.6 Å². The SMILES string of the molecule is C=C(OCC)c1ccc(Cl)c(C#N)n1. The van der Waals surface area contributed by atoms with Crippen LogP contribution in [0.3, 0.4) is 0 Å². The smallest absolute Gasteiger partial charge is 0.159 e. The van der Waals surface area contributed by atoms with Crippen molar-refractivity contribution in [3.05, 3.63) is 35.1 Å². The molecule has 0 unspecified atom stereocenters. The highest BCUT2D eigenvalue weighted by Gasteiger charge is 2.05. The second-order valence-electron chi connectivity index (χ2n) is 2.49. The van der Waals surface area contributed by atoms with Gasteiger partial charge in [0.2, 0.25) is 0 Å². The summed E-state index contributed by atoms with van der Waals surface area (Å²) in [5, 5.41) is 9.02. The van der Waals surface area contributed by atoms with Crippen LogP contribution in [0.1, 0.15) is 18.3 Å². The minimum Gasteiger partial charge on any atom is -0.492 e. The fourth-order valence-electron chi connectivity index (χ4n) is 0.924. The van der Waals surface area contributed by atoms with Crippen LogP contribution in [-0.4, -0.2) is 11.6 Å². The number of hydrogen-bond acceptors (Lipinski definition) is 3. The van der Waals surface area contributed by atoms with Gasteiger partial charge in [0.1, 0.15) is 17.5 Å². The first-order valence-corrected chi connectivity index (χ1v) is 4.45. The number of ether oxygens (including phenoxy) is 1. The third-order valence-electron chi connectivity index (χ3n) is 1.56. The van der Waals surface area contributed by atoms with Crippen molar-refractivity contribution in [2.75, 3.05) is 6.61 Å². The predicted octanol–water partition coefficient (Wildman–Crippen LogP) is 2.61. The third kappa shape index (κ3) is 2.24. The molecule has 0 saturated heterocycles. The Morgan fingerprint density at radius 1 is 1.71 bits per heavy atom. The van der Waals surface area contributed by atoms with Gasteiger partial charge in [0.25, 0.3) is 0 Å². The van der Waals surface area contributed by atoms with Crippen LogP contribution in [0.4, 0.5) is 0 Å². The van der Waals surface area contributed by atoms with Crippen molar-refractivity contribution >= 4 is 17.4 Å². The lowest BCUT2D eigenvalue weighted by molar-refractivity contribution is 0.298. The fourth-order valence-corrected chi connectivity index (χ4v) is 1.07. The van der Waals surface area contributed by atoms with Crippen molar-refractivity contribution < 1.29 is 4.74 Å². The average molecular weight is 209 g/mol. The largest absolute Gasteiger partial charge is 0.492 e. The lowest BCUT2D eigenvalue weighted by Crippen LogP contribution is -1.95. The topological polar surface area (TPSA) is 45.9 Å².